The molecule has 0 aliphatic carbocycles. The second-order valence-corrected chi connectivity index (χ2v) is 7.26. The maximum atomic E-state index is 12.4. The predicted octanol–water partition coefficient (Wildman–Crippen LogP) is 1.46. The van der Waals surface area contributed by atoms with Gasteiger partial charge in [-0.3, -0.25) is 14.4 Å². The van der Waals surface area contributed by atoms with Crippen LogP contribution >= 0.6 is 11.3 Å². The van der Waals surface area contributed by atoms with Gasteiger partial charge in [0.2, 0.25) is 5.91 Å². The zero-order chi connectivity index (χ0) is 17.4. The Bertz CT molecular complexity index is 849. The van der Waals surface area contributed by atoms with Crippen molar-refractivity contribution in [3.63, 3.8) is 0 Å². The molecule has 2 aliphatic heterocycles. The highest BCUT2D eigenvalue weighted by molar-refractivity contribution is 7.16. The summed E-state index contributed by atoms with van der Waals surface area (Å²) in [6, 6.07) is 5.43. The summed E-state index contributed by atoms with van der Waals surface area (Å²) in [5.74, 6) is -1.05. The molecule has 1 unspecified atom stereocenters. The van der Waals surface area contributed by atoms with E-state index in [1.54, 1.807) is 17.6 Å². The SMILES string of the molecule is O=C(Nc1ccc2scnc2c1)C(=O)N1CCC(N2CCCC2=O)C1. The van der Waals surface area contributed by atoms with Crippen LogP contribution in [-0.4, -0.2) is 58.2 Å². The van der Waals surface area contributed by atoms with Gasteiger partial charge in [0.1, 0.15) is 0 Å². The Hall–Kier alpha value is -2.48. The summed E-state index contributed by atoms with van der Waals surface area (Å²) >= 11 is 1.52. The van der Waals surface area contributed by atoms with Crippen LogP contribution in [0.2, 0.25) is 0 Å². The molecule has 3 heterocycles. The van der Waals surface area contributed by atoms with Crippen LogP contribution in [0.4, 0.5) is 5.69 Å². The van der Waals surface area contributed by atoms with Crippen LogP contribution in [0.15, 0.2) is 23.7 Å². The lowest BCUT2D eigenvalue weighted by Gasteiger charge is -2.24. The van der Waals surface area contributed by atoms with Crippen molar-refractivity contribution < 1.29 is 14.4 Å². The number of hydrogen-bond donors (Lipinski definition) is 1. The number of rotatable bonds is 2. The third-order valence-corrected chi connectivity index (χ3v) is 5.59. The summed E-state index contributed by atoms with van der Waals surface area (Å²) < 4.78 is 1.03. The first kappa shape index (κ1) is 16.0. The van der Waals surface area contributed by atoms with E-state index < -0.39 is 11.8 Å². The number of aromatic nitrogens is 1. The minimum absolute atomic E-state index is 0.0399. The van der Waals surface area contributed by atoms with Gasteiger partial charge in [0.25, 0.3) is 0 Å². The summed E-state index contributed by atoms with van der Waals surface area (Å²) in [5.41, 5.74) is 3.09. The lowest BCUT2D eigenvalue weighted by Crippen LogP contribution is -2.42. The van der Waals surface area contributed by atoms with Crippen molar-refractivity contribution in [2.45, 2.75) is 25.3 Å². The molecule has 8 heteroatoms. The van der Waals surface area contributed by atoms with Crippen molar-refractivity contribution in [1.82, 2.24) is 14.8 Å². The van der Waals surface area contributed by atoms with Gasteiger partial charge < -0.3 is 15.1 Å². The molecule has 2 saturated heterocycles. The number of carbonyl (C=O) groups is 3. The molecule has 1 aromatic heterocycles. The van der Waals surface area contributed by atoms with Crippen molar-refractivity contribution >= 4 is 45.0 Å². The molecule has 25 heavy (non-hydrogen) atoms. The van der Waals surface area contributed by atoms with E-state index in [1.807, 2.05) is 11.0 Å². The Kier molecular flexibility index (Phi) is 4.12. The molecule has 130 valence electrons. The Labute approximate surface area is 148 Å². The molecule has 4 rings (SSSR count). The fourth-order valence-corrected chi connectivity index (χ4v) is 4.16. The number of fused-ring (bicyclic) bond motifs is 1. The zero-order valence-corrected chi connectivity index (χ0v) is 14.4. The summed E-state index contributed by atoms with van der Waals surface area (Å²) in [4.78, 5) is 44.1. The lowest BCUT2D eigenvalue weighted by molar-refractivity contribution is -0.142. The summed E-state index contributed by atoms with van der Waals surface area (Å²) in [7, 11) is 0. The smallest absolute Gasteiger partial charge is 0.313 e. The van der Waals surface area contributed by atoms with Gasteiger partial charge in [0.15, 0.2) is 0 Å². The Morgan fingerprint density at radius 3 is 2.96 bits per heavy atom. The van der Waals surface area contributed by atoms with Gasteiger partial charge in [-0.25, -0.2) is 4.98 Å². The first-order chi connectivity index (χ1) is 12.1. The molecule has 0 spiro atoms. The maximum Gasteiger partial charge on any atom is 0.313 e. The van der Waals surface area contributed by atoms with Gasteiger partial charge in [-0.05, 0) is 31.0 Å². The highest BCUT2D eigenvalue weighted by Crippen LogP contribution is 2.23. The minimum atomic E-state index is -0.650. The molecule has 1 atom stereocenters. The van der Waals surface area contributed by atoms with Crippen molar-refractivity contribution in [1.29, 1.82) is 0 Å². The maximum absolute atomic E-state index is 12.4. The summed E-state index contributed by atoms with van der Waals surface area (Å²) in [5, 5.41) is 2.65. The number of carbonyl (C=O) groups excluding carboxylic acids is 3. The minimum Gasteiger partial charge on any atom is -0.338 e. The quantitative estimate of drug-likeness (QED) is 0.824. The van der Waals surface area contributed by atoms with E-state index in [4.69, 9.17) is 0 Å². The van der Waals surface area contributed by atoms with Crippen LogP contribution in [0.5, 0.6) is 0 Å². The van der Waals surface area contributed by atoms with E-state index in [-0.39, 0.29) is 11.9 Å². The monoisotopic (exact) mass is 358 g/mol. The number of nitrogens with one attached hydrogen (secondary N) is 1. The largest absolute Gasteiger partial charge is 0.338 e. The molecule has 7 nitrogen and oxygen atoms in total. The Balaban J connectivity index is 1.38. The second kappa shape index (κ2) is 6.44. The van der Waals surface area contributed by atoms with Crippen molar-refractivity contribution in [3.05, 3.63) is 23.7 Å². The molecule has 2 aliphatic rings. The van der Waals surface area contributed by atoms with Gasteiger partial charge in [-0.15, -0.1) is 11.3 Å². The highest BCUT2D eigenvalue weighted by Gasteiger charge is 2.36. The predicted molar refractivity (Wildman–Crippen MR) is 94.2 cm³/mol. The second-order valence-electron chi connectivity index (χ2n) is 6.37. The molecule has 2 aromatic rings. The van der Waals surface area contributed by atoms with Crippen LogP contribution in [0, 0.1) is 0 Å². The van der Waals surface area contributed by atoms with Crippen LogP contribution < -0.4 is 5.32 Å². The number of likely N-dealkylation sites (tertiary alicyclic amines) is 2. The van der Waals surface area contributed by atoms with Gasteiger partial charge in [0.05, 0.1) is 21.8 Å². The molecule has 1 N–H and O–H groups in total. The van der Waals surface area contributed by atoms with E-state index in [2.05, 4.69) is 10.3 Å². The number of nitrogens with zero attached hydrogens (tertiary/aromatic N) is 3. The molecule has 0 radical (unpaired) electrons. The number of hydrogen-bond acceptors (Lipinski definition) is 5. The third-order valence-electron chi connectivity index (χ3n) is 4.78. The first-order valence-corrected chi connectivity index (χ1v) is 9.23. The standard InChI is InChI=1S/C17H18N4O3S/c22-15-2-1-6-21(15)12-5-7-20(9-12)17(24)16(23)19-11-3-4-14-13(8-11)18-10-25-14/h3-4,8,10,12H,1-2,5-7,9H2,(H,19,23). The Morgan fingerprint density at radius 2 is 2.16 bits per heavy atom. The zero-order valence-electron chi connectivity index (χ0n) is 13.6. The van der Waals surface area contributed by atoms with E-state index in [9.17, 15) is 14.4 Å². The molecule has 0 saturated carbocycles. The van der Waals surface area contributed by atoms with Crippen LogP contribution in [-0.2, 0) is 14.4 Å². The first-order valence-electron chi connectivity index (χ1n) is 8.35. The number of amides is 3. The van der Waals surface area contributed by atoms with Gasteiger partial charge >= 0.3 is 11.8 Å². The molecule has 3 amide bonds. The molecule has 0 bridgehead atoms. The Morgan fingerprint density at radius 1 is 1.28 bits per heavy atom. The number of benzene rings is 1. The fraction of sp³-hybridized carbons (Fsp3) is 0.412. The topological polar surface area (TPSA) is 82.6 Å². The highest BCUT2D eigenvalue weighted by atomic mass is 32.1. The van der Waals surface area contributed by atoms with E-state index >= 15 is 0 Å². The summed E-state index contributed by atoms with van der Waals surface area (Å²) in [6.45, 7) is 1.69. The van der Waals surface area contributed by atoms with Gasteiger partial charge in [0, 0.05) is 31.7 Å². The van der Waals surface area contributed by atoms with Gasteiger partial charge in [-0.1, -0.05) is 0 Å². The fourth-order valence-electron chi connectivity index (χ4n) is 3.50. The van der Waals surface area contributed by atoms with Crippen LogP contribution in [0.3, 0.4) is 0 Å². The van der Waals surface area contributed by atoms with E-state index in [0.717, 1.165) is 29.6 Å². The number of thiazole rings is 1. The molecule has 1 aromatic carbocycles. The normalized spacial score (nSPS) is 20.5. The van der Waals surface area contributed by atoms with Crippen molar-refractivity contribution in [2.75, 3.05) is 25.0 Å². The van der Waals surface area contributed by atoms with Crippen LogP contribution in [0.25, 0.3) is 10.2 Å². The van der Waals surface area contributed by atoms with E-state index in [0.29, 0.717) is 25.2 Å². The van der Waals surface area contributed by atoms with E-state index in [1.165, 1.54) is 16.2 Å². The van der Waals surface area contributed by atoms with Crippen LogP contribution in [0.1, 0.15) is 19.3 Å². The summed E-state index contributed by atoms with van der Waals surface area (Å²) in [6.07, 6.45) is 2.20. The molecule has 2 fully saturated rings. The lowest BCUT2D eigenvalue weighted by atomic mass is 10.2. The molecular weight excluding hydrogens is 340 g/mol. The third kappa shape index (κ3) is 3.09. The average molecular weight is 358 g/mol. The van der Waals surface area contributed by atoms with Crippen molar-refractivity contribution in [3.8, 4) is 0 Å². The average Bonchev–Trinajstić information content (AvgIpc) is 3.33. The van der Waals surface area contributed by atoms with Gasteiger partial charge in [-0.2, -0.15) is 0 Å². The van der Waals surface area contributed by atoms with Crippen molar-refractivity contribution in [2.24, 2.45) is 0 Å². The number of anilines is 1. The molecular formula is C17H18N4O3S.